The van der Waals surface area contributed by atoms with Gasteiger partial charge in [0.15, 0.2) is 0 Å². The summed E-state index contributed by atoms with van der Waals surface area (Å²) in [5, 5.41) is 0. The summed E-state index contributed by atoms with van der Waals surface area (Å²) in [7, 11) is 0. The number of carbonyl (C=O) groups excluding carboxylic acids is 3. The van der Waals surface area contributed by atoms with E-state index in [1.807, 2.05) is 0 Å². The Morgan fingerprint density at radius 1 is 1.29 bits per heavy atom. The molecule has 0 aliphatic carbocycles. The molecule has 2 heterocycles. The molecule has 0 aromatic heterocycles. The number of hydrogen-bond donors (Lipinski definition) is 0. The minimum absolute atomic E-state index is 0.0349. The molecule has 0 bridgehead atoms. The predicted octanol–water partition coefficient (Wildman–Crippen LogP) is 0.314. The Balaban J connectivity index is 1.84. The Hall–Kier alpha value is -1.65. The molecule has 3 amide bonds. The number of imide groups is 1. The molecule has 0 N–H and O–H groups in total. The van der Waals surface area contributed by atoms with E-state index in [1.165, 1.54) is 6.08 Å². The van der Waals surface area contributed by atoms with Gasteiger partial charge in [0, 0.05) is 37.7 Å². The van der Waals surface area contributed by atoms with Crippen LogP contribution in [0.5, 0.6) is 0 Å². The van der Waals surface area contributed by atoms with Gasteiger partial charge in [0.1, 0.15) is 0 Å². The van der Waals surface area contributed by atoms with Crippen LogP contribution in [0.15, 0.2) is 11.6 Å². The monoisotopic (exact) mass is 236 g/mol. The summed E-state index contributed by atoms with van der Waals surface area (Å²) in [6.45, 7) is 3.42. The SMILES string of the molecule is CC1=CC(=O)N(CCC(=O)N2CCCC2)C1=O. The quantitative estimate of drug-likeness (QED) is 0.663. The summed E-state index contributed by atoms with van der Waals surface area (Å²) < 4.78 is 0. The zero-order chi connectivity index (χ0) is 12.4. The van der Waals surface area contributed by atoms with E-state index >= 15 is 0 Å². The number of carbonyl (C=O) groups is 3. The molecule has 1 fully saturated rings. The zero-order valence-corrected chi connectivity index (χ0v) is 9.94. The molecule has 5 nitrogen and oxygen atoms in total. The maximum atomic E-state index is 11.8. The molecule has 0 aromatic rings. The summed E-state index contributed by atoms with van der Waals surface area (Å²) in [5.41, 5.74) is 0.448. The van der Waals surface area contributed by atoms with E-state index in [2.05, 4.69) is 0 Å². The molecule has 0 aromatic carbocycles. The van der Waals surface area contributed by atoms with Crippen LogP contribution in [0.25, 0.3) is 0 Å². The van der Waals surface area contributed by atoms with E-state index in [9.17, 15) is 14.4 Å². The number of hydrogen-bond acceptors (Lipinski definition) is 3. The molecular formula is C12H16N2O3. The highest BCUT2D eigenvalue weighted by molar-refractivity contribution is 6.15. The lowest BCUT2D eigenvalue weighted by Crippen LogP contribution is -2.36. The maximum Gasteiger partial charge on any atom is 0.256 e. The number of likely N-dealkylation sites (tertiary alicyclic amines) is 1. The molecule has 2 rings (SSSR count). The van der Waals surface area contributed by atoms with E-state index in [0.29, 0.717) is 5.57 Å². The average Bonchev–Trinajstić information content (AvgIpc) is 2.88. The lowest BCUT2D eigenvalue weighted by atomic mass is 10.3. The minimum Gasteiger partial charge on any atom is -0.343 e. The Bertz CT molecular complexity index is 395. The molecule has 0 unspecified atom stereocenters. The van der Waals surface area contributed by atoms with Crippen LogP contribution >= 0.6 is 0 Å². The van der Waals surface area contributed by atoms with Gasteiger partial charge < -0.3 is 4.90 Å². The van der Waals surface area contributed by atoms with Crippen LogP contribution in [-0.2, 0) is 14.4 Å². The Morgan fingerprint density at radius 3 is 2.47 bits per heavy atom. The van der Waals surface area contributed by atoms with Gasteiger partial charge in [0.2, 0.25) is 5.91 Å². The normalized spacial score (nSPS) is 20.2. The van der Waals surface area contributed by atoms with Crippen molar-refractivity contribution in [2.75, 3.05) is 19.6 Å². The first-order chi connectivity index (χ1) is 8.09. The summed E-state index contributed by atoms with van der Waals surface area (Å²) in [6.07, 6.45) is 3.66. The van der Waals surface area contributed by atoms with Crippen LogP contribution in [0, 0.1) is 0 Å². The maximum absolute atomic E-state index is 11.8. The van der Waals surface area contributed by atoms with Crippen LogP contribution in [0.1, 0.15) is 26.2 Å². The summed E-state index contributed by atoms with van der Waals surface area (Å²) in [6, 6.07) is 0. The van der Waals surface area contributed by atoms with Crippen molar-refractivity contribution in [2.45, 2.75) is 26.2 Å². The summed E-state index contributed by atoms with van der Waals surface area (Å²) in [4.78, 5) is 37.7. The van der Waals surface area contributed by atoms with Crippen LogP contribution in [-0.4, -0.2) is 47.2 Å². The molecule has 2 aliphatic rings. The molecule has 2 aliphatic heterocycles. The van der Waals surface area contributed by atoms with Gasteiger partial charge in [-0.05, 0) is 19.8 Å². The fraction of sp³-hybridized carbons (Fsp3) is 0.583. The number of amides is 3. The summed E-state index contributed by atoms with van der Waals surface area (Å²) >= 11 is 0. The summed E-state index contributed by atoms with van der Waals surface area (Å²) in [5.74, 6) is -0.543. The molecule has 0 spiro atoms. The van der Waals surface area contributed by atoms with Gasteiger partial charge in [-0.1, -0.05) is 0 Å². The second-order valence-corrected chi connectivity index (χ2v) is 4.46. The van der Waals surface area contributed by atoms with Crippen molar-refractivity contribution in [1.82, 2.24) is 9.80 Å². The van der Waals surface area contributed by atoms with Crippen molar-refractivity contribution in [3.05, 3.63) is 11.6 Å². The van der Waals surface area contributed by atoms with Crippen LogP contribution in [0.2, 0.25) is 0 Å². The van der Waals surface area contributed by atoms with E-state index in [0.717, 1.165) is 30.8 Å². The molecule has 17 heavy (non-hydrogen) atoms. The fourth-order valence-electron chi connectivity index (χ4n) is 2.18. The van der Waals surface area contributed by atoms with Crippen molar-refractivity contribution in [3.8, 4) is 0 Å². The third-order valence-corrected chi connectivity index (χ3v) is 3.20. The first-order valence-corrected chi connectivity index (χ1v) is 5.91. The van der Waals surface area contributed by atoms with E-state index in [4.69, 9.17) is 0 Å². The van der Waals surface area contributed by atoms with Gasteiger partial charge in [0.25, 0.3) is 11.8 Å². The van der Waals surface area contributed by atoms with Gasteiger partial charge in [0.05, 0.1) is 0 Å². The topological polar surface area (TPSA) is 57.7 Å². The Labute approximate surface area is 100 Å². The molecule has 5 heteroatoms. The van der Waals surface area contributed by atoms with Crippen molar-refractivity contribution in [3.63, 3.8) is 0 Å². The van der Waals surface area contributed by atoms with Crippen molar-refractivity contribution in [2.24, 2.45) is 0 Å². The lowest BCUT2D eigenvalue weighted by Gasteiger charge is -2.18. The van der Waals surface area contributed by atoms with Gasteiger partial charge in [-0.3, -0.25) is 19.3 Å². The Kier molecular flexibility index (Phi) is 3.26. The largest absolute Gasteiger partial charge is 0.343 e. The first-order valence-electron chi connectivity index (χ1n) is 5.91. The van der Waals surface area contributed by atoms with Crippen molar-refractivity contribution in [1.29, 1.82) is 0 Å². The smallest absolute Gasteiger partial charge is 0.256 e. The number of rotatable bonds is 3. The standard InChI is InChI=1S/C12H16N2O3/c1-9-8-11(16)14(12(9)17)7-4-10(15)13-5-2-3-6-13/h8H,2-7H2,1H3. The minimum atomic E-state index is -0.304. The molecule has 92 valence electrons. The molecule has 1 saturated heterocycles. The fourth-order valence-corrected chi connectivity index (χ4v) is 2.18. The molecule has 0 atom stereocenters. The van der Waals surface area contributed by atoms with E-state index < -0.39 is 0 Å². The van der Waals surface area contributed by atoms with Crippen LogP contribution < -0.4 is 0 Å². The van der Waals surface area contributed by atoms with E-state index in [-0.39, 0.29) is 30.7 Å². The average molecular weight is 236 g/mol. The van der Waals surface area contributed by atoms with Gasteiger partial charge in [-0.2, -0.15) is 0 Å². The molecule has 0 radical (unpaired) electrons. The predicted molar refractivity (Wildman–Crippen MR) is 60.9 cm³/mol. The lowest BCUT2D eigenvalue weighted by molar-refractivity contribution is -0.138. The number of nitrogens with zero attached hydrogens (tertiary/aromatic N) is 2. The second-order valence-electron chi connectivity index (χ2n) is 4.46. The van der Waals surface area contributed by atoms with Crippen molar-refractivity contribution >= 4 is 17.7 Å². The van der Waals surface area contributed by atoms with E-state index in [1.54, 1.807) is 11.8 Å². The first kappa shape index (κ1) is 11.8. The zero-order valence-electron chi connectivity index (χ0n) is 9.94. The Morgan fingerprint density at radius 2 is 1.94 bits per heavy atom. The van der Waals surface area contributed by atoms with Gasteiger partial charge >= 0.3 is 0 Å². The van der Waals surface area contributed by atoms with Crippen molar-refractivity contribution < 1.29 is 14.4 Å². The third-order valence-electron chi connectivity index (χ3n) is 3.20. The molecule has 0 saturated carbocycles. The molecular weight excluding hydrogens is 220 g/mol. The second kappa shape index (κ2) is 4.69. The van der Waals surface area contributed by atoms with Gasteiger partial charge in [-0.15, -0.1) is 0 Å². The van der Waals surface area contributed by atoms with Crippen LogP contribution in [0.3, 0.4) is 0 Å². The highest BCUT2D eigenvalue weighted by atomic mass is 16.2. The highest BCUT2D eigenvalue weighted by Crippen LogP contribution is 2.14. The highest BCUT2D eigenvalue weighted by Gasteiger charge is 2.29. The van der Waals surface area contributed by atoms with Crippen LogP contribution in [0.4, 0.5) is 0 Å². The third kappa shape index (κ3) is 2.38. The van der Waals surface area contributed by atoms with Gasteiger partial charge in [-0.25, -0.2) is 0 Å².